The highest BCUT2D eigenvalue weighted by molar-refractivity contribution is 5.76. The summed E-state index contributed by atoms with van der Waals surface area (Å²) in [5.74, 6) is 1.36. The first kappa shape index (κ1) is 18.4. The molecule has 0 saturated heterocycles. The first-order valence-electron chi connectivity index (χ1n) is 7.49. The Balaban J connectivity index is 4.21. The fourth-order valence-corrected chi connectivity index (χ4v) is 2.04. The van der Waals surface area contributed by atoms with Crippen molar-refractivity contribution in [3.63, 3.8) is 0 Å². The molecule has 0 aromatic rings. The number of hydrogen-bond donors (Lipinski definition) is 1. The van der Waals surface area contributed by atoms with Gasteiger partial charge in [0, 0.05) is 26.1 Å². The van der Waals surface area contributed by atoms with Gasteiger partial charge in [0.1, 0.15) is 0 Å². The summed E-state index contributed by atoms with van der Waals surface area (Å²) in [7, 11) is 4.09. The topological polar surface area (TPSA) is 49.6 Å². The van der Waals surface area contributed by atoms with Gasteiger partial charge in [-0.05, 0) is 45.3 Å². The molecule has 4 heteroatoms. The van der Waals surface area contributed by atoms with Crippen molar-refractivity contribution in [2.75, 3.05) is 40.3 Å². The quantitative estimate of drug-likeness (QED) is 0.659. The number of nitrogens with two attached hydrogens (primary N) is 1. The zero-order chi connectivity index (χ0) is 14.8. The predicted molar refractivity (Wildman–Crippen MR) is 82.0 cm³/mol. The number of hydrogen-bond acceptors (Lipinski definition) is 3. The largest absolute Gasteiger partial charge is 0.341 e. The molecule has 1 unspecified atom stereocenters. The number of amides is 1. The van der Waals surface area contributed by atoms with E-state index in [1.54, 1.807) is 0 Å². The van der Waals surface area contributed by atoms with Crippen molar-refractivity contribution in [2.45, 2.75) is 40.0 Å². The smallest absolute Gasteiger partial charge is 0.222 e. The van der Waals surface area contributed by atoms with Gasteiger partial charge in [-0.3, -0.25) is 4.79 Å². The van der Waals surface area contributed by atoms with Crippen LogP contribution in [0, 0.1) is 11.8 Å². The average molecular weight is 271 g/mol. The standard InChI is InChI=1S/C15H33N3O/c1-13(2)12-18(11-10-17(4)5)15(19)7-6-14(3)8-9-16/h13-14H,6-12,16H2,1-5H3. The number of likely N-dealkylation sites (N-methyl/N-ethyl adjacent to an activating group) is 1. The summed E-state index contributed by atoms with van der Waals surface area (Å²) >= 11 is 0. The molecule has 0 aliphatic rings. The first-order chi connectivity index (χ1) is 8.86. The van der Waals surface area contributed by atoms with Gasteiger partial charge in [0.25, 0.3) is 0 Å². The third-order valence-corrected chi connectivity index (χ3v) is 3.27. The molecule has 0 aliphatic carbocycles. The van der Waals surface area contributed by atoms with Gasteiger partial charge in [0.2, 0.25) is 5.91 Å². The maximum Gasteiger partial charge on any atom is 0.222 e. The molecule has 0 aromatic carbocycles. The van der Waals surface area contributed by atoms with Crippen LogP contribution in [0.2, 0.25) is 0 Å². The molecule has 0 fully saturated rings. The van der Waals surface area contributed by atoms with Crippen molar-refractivity contribution in [1.82, 2.24) is 9.80 Å². The van der Waals surface area contributed by atoms with E-state index in [1.807, 2.05) is 19.0 Å². The Morgan fingerprint density at radius 1 is 1.11 bits per heavy atom. The van der Waals surface area contributed by atoms with E-state index in [9.17, 15) is 4.79 Å². The summed E-state index contributed by atoms with van der Waals surface area (Å²) in [4.78, 5) is 16.4. The Bertz CT molecular complexity index is 242. The predicted octanol–water partition coefficient (Wildman–Crippen LogP) is 1.80. The lowest BCUT2D eigenvalue weighted by Crippen LogP contribution is -2.39. The lowest BCUT2D eigenvalue weighted by Gasteiger charge is -2.26. The van der Waals surface area contributed by atoms with Crippen molar-refractivity contribution >= 4 is 5.91 Å². The third kappa shape index (κ3) is 9.91. The lowest BCUT2D eigenvalue weighted by molar-refractivity contribution is -0.132. The molecule has 0 bridgehead atoms. The van der Waals surface area contributed by atoms with E-state index in [0.29, 0.717) is 30.7 Å². The number of carbonyl (C=O) groups is 1. The van der Waals surface area contributed by atoms with Gasteiger partial charge in [-0.25, -0.2) is 0 Å². The minimum atomic E-state index is 0.291. The van der Waals surface area contributed by atoms with Crippen LogP contribution in [0.4, 0.5) is 0 Å². The van der Waals surface area contributed by atoms with Crippen LogP contribution in [0.15, 0.2) is 0 Å². The second-order valence-corrected chi connectivity index (χ2v) is 6.26. The third-order valence-electron chi connectivity index (χ3n) is 3.27. The summed E-state index contributed by atoms with van der Waals surface area (Å²) in [6.07, 6.45) is 2.61. The lowest BCUT2D eigenvalue weighted by atomic mass is 10.0. The van der Waals surface area contributed by atoms with Crippen molar-refractivity contribution in [3.8, 4) is 0 Å². The molecule has 0 radical (unpaired) electrons. The zero-order valence-corrected chi connectivity index (χ0v) is 13.5. The molecule has 4 nitrogen and oxygen atoms in total. The molecule has 114 valence electrons. The minimum absolute atomic E-state index is 0.291. The molecule has 2 N–H and O–H groups in total. The highest BCUT2D eigenvalue weighted by Gasteiger charge is 2.15. The SMILES string of the molecule is CC(C)CN(CCN(C)C)C(=O)CCC(C)CCN. The van der Waals surface area contributed by atoms with E-state index in [2.05, 4.69) is 25.7 Å². The Morgan fingerprint density at radius 3 is 2.21 bits per heavy atom. The highest BCUT2D eigenvalue weighted by Crippen LogP contribution is 2.11. The maximum atomic E-state index is 12.3. The van der Waals surface area contributed by atoms with Gasteiger partial charge in [0.15, 0.2) is 0 Å². The monoisotopic (exact) mass is 271 g/mol. The van der Waals surface area contributed by atoms with Crippen LogP contribution >= 0.6 is 0 Å². The fourth-order valence-electron chi connectivity index (χ4n) is 2.04. The minimum Gasteiger partial charge on any atom is -0.341 e. The van der Waals surface area contributed by atoms with Gasteiger partial charge in [0.05, 0.1) is 0 Å². The Labute approximate surface area is 119 Å². The molecular weight excluding hydrogens is 238 g/mol. The number of carbonyl (C=O) groups excluding carboxylic acids is 1. The summed E-state index contributed by atoms with van der Waals surface area (Å²) in [5.41, 5.74) is 5.54. The van der Waals surface area contributed by atoms with E-state index in [-0.39, 0.29) is 0 Å². The molecular formula is C15H33N3O. The fraction of sp³-hybridized carbons (Fsp3) is 0.933. The molecule has 1 atom stereocenters. The number of rotatable bonds is 10. The second-order valence-electron chi connectivity index (χ2n) is 6.26. The van der Waals surface area contributed by atoms with Crippen LogP contribution in [0.5, 0.6) is 0 Å². The zero-order valence-electron chi connectivity index (χ0n) is 13.5. The van der Waals surface area contributed by atoms with Gasteiger partial charge < -0.3 is 15.5 Å². The molecule has 0 rings (SSSR count). The van der Waals surface area contributed by atoms with Crippen LogP contribution in [0.25, 0.3) is 0 Å². The highest BCUT2D eigenvalue weighted by atomic mass is 16.2. The molecule has 0 heterocycles. The van der Waals surface area contributed by atoms with Crippen molar-refractivity contribution in [2.24, 2.45) is 17.6 Å². The summed E-state index contributed by atoms with van der Waals surface area (Å²) < 4.78 is 0. The van der Waals surface area contributed by atoms with Crippen LogP contribution < -0.4 is 5.73 Å². The second kappa shape index (κ2) is 10.2. The van der Waals surface area contributed by atoms with Gasteiger partial charge in [-0.2, -0.15) is 0 Å². The van der Waals surface area contributed by atoms with Crippen molar-refractivity contribution in [1.29, 1.82) is 0 Å². The molecule has 0 saturated carbocycles. The summed E-state index contributed by atoms with van der Waals surface area (Å²) in [5, 5.41) is 0. The van der Waals surface area contributed by atoms with Crippen molar-refractivity contribution < 1.29 is 4.79 Å². The van der Waals surface area contributed by atoms with E-state index in [1.165, 1.54) is 0 Å². The summed E-state index contributed by atoms with van der Waals surface area (Å²) in [6, 6.07) is 0. The van der Waals surface area contributed by atoms with Gasteiger partial charge in [-0.1, -0.05) is 20.8 Å². The number of nitrogens with zero attached hydrogens (tertiary/aromatic N) is 2. The normalized spacial score (nSPS) is 13.1. The van der Waals surface area contributed by atoms with Gasteiger partial charge >= 0.3 is 0 Å². The molecule has 1 amide bonds. The van der Waals surface area contributed by atoms with Crippen LogP contribution in [0.3, 0.4) is 0 Å². The Hall–Kier alpha value is -0.610. The van der Waals surface area contributed by atoms with E-state index in [4.69, 9.17) is 5.73 Å². The van der Waals surface area contributed by atoms with E-state index >= 15 is 0 Å². The van der Waals surface area contributed by atoms with Crippen molar-refractivity contribution in [3.05, 3.63) is 0 Å². The maximum absolute atomic E-state index is 12.3. The molecule has 0 spiro atoms. The van der Waals surface area contributed by atoms with Crippen LogP contribution in [-0.4, -0.2) is 56.0 Å². The van der Waals surface area contributed by atoms with E-state index in [0.717, 1.165) is 32.5 Å². The van der Waals surface area contributed by atoms with Crippen LogP contribution in [-0.2, 0) is 4.79 Å². The average Bonchev–Trinajstić information content (AvgIpc) is 2.31. The Morgan fingerprint density at radius 2 is 1.74 bits per heavy atom. The molecule has 19 heavy (non-hydrogen) atoms. The molecule has 0 aliphatic heterocycles. The van der Waals surface area contributed by atoms with Crippen LogP contribution in [0.1, 0.15) is 40.0 Å². The molecule has 0 aromatic heterocycles. The van der Waals surface area contributed by atoms with E-state index < -0.39 is 0 Å². The summed E-state index contributed by atoms with van der Waals surface area (Å²) in [6.45, 7) is 9.82. The Kier molecular flexibility index (Phi) is 9.88. The first-order valence-corrected chi connectivity index (χ1v) is 7.49. The van der Waals surface area contributed by atoms with Gasteiger partial charge in [-0.15, -0.1) is 0 Å².